The third kappa shape index (κ3) is 10.6. The fraction of sp³-hybridized carbons (Fsp3) is 0.400. The average molecular weight is 182 g/mol. The topological polar surface area (TPSA) is 56.0 Å². The van der Waals surface area contributed by atoms with Crippen molar-refractivity contribution in [1.29, 1.82) is 0 Å². The average Bonchev–Trinajstić information content (AvgIpc) is 2.15. The van der Waals surface area contributed by atoms with Crippen molar-refractivity contribution >= 4 is 6.41 Å². The molecule has 1 amide bonds. The van der Waals surface area contributed by atoms with Gasteiger partial charge in [0.1, 0.15) is 0 Å². The second-order valence-electron chi connectivity index (χ2n) is 2.11. The quantitative estimate of drug-likeness (QED) is 0.622. The molecule has 0 saturated carbocycles. The maximum absolute atomic E-state index is 8.58. The van der Waals surface area contributed by atoms with Crippen LogP contribution in [0, 0.1) is 13.8 Å². The van der Waals surface area contributed by atoms with Gasteiger partial charge in [0.25, 0.3) is 0 Å². The normalized spacial score (nSPS) is 7.08. The maximum atomic E-state index is 8.58. The van der Waals surface area contributed by atoms with Crippen molar-refractivity contribution in [3.8, 4) is 0 Å². The van der Waals surface area contributed by atoms with Crippen molar-refractivity contribution in [1.82, 2.24) is 4.98 Å². The van der Waals surface area contributed by atoms with Crippen LogP contribution in [0.2, 0.25) is 0 Å². The Hall–Kier alpha value is -1.38. The molecule has 0 fully saturated rings. The molecular formula is C10H18N2O. The zero-order valence-electron chi connectivity index (χ0n) is 8.74. The van der Waals surface area contributed by atoms with Gasteiger partial charge in [0.15, 0.2) is 0 Å². The van der Waals surface area contributed by atoms with Gasteiger partial charge in [0, 0.05) is 11.9 Å². The molecular weight excluding hydrogens is 164 g/mol. The Morgan fingerprint density at radius 1 is 1.31 bits per heavy atom. The van der Waals surface area contributed by atoms with Gasteiger partial charge in [-0.05, 0) is 25.5 Å². The van der Waals surface area contributed by atoms with Crippen LogP contribution >= 0.6 is 0 Å². The van der Waals surface area contributed by atoms with Crippen LogP contribution in [0.4, 0.5) is 0 Å². The van der Waals surface area contributed by atoms with Gasteiger partial charge in [-0.25, -0.2) is 0 Å². The predicted octanol–water partition coefficient (Wildman–Crippen LogP) is 1.83. The van der Waals surface area contributed by atoms with E-state index in [0.717, 1.165) is 5.69 Å². The van der Waals surface area contributed by atoms with E-state index in [1.807, 2.05) is 40.0 Å². The number of primary amides is 1. The molecule has 13 heavy (non-hydrogen) atoms. The highest BCUT2D eigenvalue weighted by atomic mass is 16.1. The van der Waals surface area contributed by atoms with Gasteiger partial charge >= 0.3 is 0 Å². The van der Waals surface area contributed by atoms with E-state index in [9.17, 15) is 0 Å². The Labute approximate surface area is 80.0 Å². The van der Waals surface area contributed by atoms with Crippen LogP contribution in [0.1, 0.15) is 25.1 Å². The minimum atomic E-state index is 0.250. The molecule has 0 atom stereocenters. The highest BCUT2D eigenvalue weighted by molar-refractivity contribution is 5.42. The molecule has 1 aromatic heterocycles. The molecule has 1 heterocycles. The van der Waals surface area contributed by atoms with Crippen LogP contribution in [-0.2, 0) is 4.79 Å². The molecule has 0 radical (unpaired) electrons. The molecule has 1 rings (SSSR count). The van der Waals surface area contributed by atoms with Gasteiger partial charge in [-0.15, -0.1) is 0 Å². The molecule has 74 valence electrons. The fourth-order valence-electron chi connectivity index (χ4n) is 0.542. The summed E-state index contributed by atoms with van der Waals surface area (Å²) in [5.41, 5.74) is 6.46. The van der Waals surface area contributed by atoms with Crippen molar-refractivity contribution in [2.75, 3.05) is 0 Å². The lowest BCUT2D eigenvalue weighted by Crippen LogP contribution is -1.82. The third-order valence-corrected chi connectivity index (χ3v) is 1.06. The summed E-state index contributed by atoms with van der Waals surface area (Å²) in [7, 11) is 0. The SMILES string of the molecule is CC.Cc1ccc(C)nc1.NC=O. The number of nitrogens with zero attached hydrogens (tertiary/aromatic N) is 1. The van der Waals surface area contributed by atoms with E-state index in [0.29, 0.717) is 0 Å². The lowest BCUT2D eigenvalue weighted by Gasteiger charge is -1.89. The first-order valence-corrected chi connectivity index (χ1v) is 4.25. The molecule has 0 bridgehead atoms. The van der Waals surface area contributed by atoms with Crippen LogP contribution < -0.4 is 5.73 Å². The van der Waals surface area contributed by atoms with Crippen LogP contribution in [0.5, 0.6) is 0 Å². The Morgan fingerprint density at radius 3 is 2.00 bits per heavy atom. The minimum absolute atomic E-state index is 0.250. The zero-order valence-corrected chi connectivity index (χ0v) is 8.74. The Morgan fingerprint density at radius 2 is 1.77 bits per heavy atom. The van der Waals surface area contributed by atoms with Crippen molar-refractivity contribution in [2.45, 2.75) is 27.7 Å². The molecule has 0 spiro atoms. The van der Waals surface area contributed by atoms with E-state index in [1.165, 1.54) is 5.56 Å². The second-order valence-corrected chi connectivity index (χ2v) is 2.11. The Balaban J connectivity index is 0. The number of amides is 1. The maximum Gasteiger partial charge on any atom is 0.204 e. The lowest BCUT2D eigenvalue weighted by atomic mass is 10.3. The highest BCUT2D eigenvalue weighted by Gasteiger charge is 1.81. The van der Waals surface area contributed by atoms with E-state index >= 15 is 0 Å². The van der Waals surface area contributed by atoms with Crippen LogP contribution in [0.25, 0.3) is 0 Å². The molecule has 0 aliphatic rings. The van der Waals surface area contributed by atoms with Gasteiger partial charge in [-0.3, -0.25) is 9.78 Å². The molecule has 0 aliphatic heterocycles. The first-order valence-electron chi connectivity index (χ1n) is 4.25. The number of pyridine rings is 1. The summed E-state index contributed by atoms with van der Waals surface area (Å²) in [6, 6.07) is 4.07. The van der Waals surface area contributed by atoms with Crippen molar-refractivity contribution in [3.63, 3.8) is 0 Å². The summed E-state index contributed by atoms with van der Waals surface area (Å²) in [6.07, 6.45) is 2.12. The number of aryl methyl sites for hydroxylation is 2. The van der Waals surface area contributed by atoms with Crippen molar-refractivity contribution in [3.05, 3.63) is 29.6 Å². The van der Waals surface area contributed by atoms with Crippen LogP contribution in [0.3, 0.4) is 0 Å². The van der Waals surface area contributed by atoms with Crippen molar-refractivity contribution < 1.29 is 4.79 Å². The first-order chi connectivity index (χ1) is 6.20. The zero-order chi connectivity index (χ0) is 10.7. The Bertz CT molecular complexity index is 186. The summed E-state index contributed by atoms with van der Waals surface area (Å²) in [5.74, 6) is 0. The van der Waals surface area contributed by atoms with E-state index < -0.39 is 0 Å². The second kappa shape index (κ2) is 10.6. The smallest absolute Gasteiger partial charge is 0.204 e. The van der Waals surface area contributed by atoms with E-state index in [1.54, 1.807) is 0 Å². The van der Waals surface area contributed by atoms with E-state index in [2.05, 4.69) is 16.8 Å². The highest BCUT2D eigenvalue weighted by Crippen LogP contribution is 1.94. The summed E-state index contributed by atoms with van der Waals surface area (Å²) in [4.78, 5) is 12.7. The molecule has 0 unspecified atom stereocenters. The van der Waals surface area contributed by atoms with Gasteiger partial charge in [-0.2, -0.15) is 0 Å². The van der Waals surface area contributed by atoms with E-state index in [4.69, 9.17) is 4.79 Å². The minimum Gasteiger partial charge on any atom is -0.372 e. The molecule has 3 heteroatoms. The number of aromatic nitrogens is 1. The number of carbonyl (C=O) groups is 1. The number of carbonyl (C=O) groups excluding carboxylic acids is 1. The number of hydrogen-bond acceptors (Lipinski definition) is 2. The molecule has 1 aromatic rings. The standard InChI is InChI=1S/C7H9N.C2H6.CH3NO/c1-6-3-4-7(2)8-5-6;1-2;2-1-3/h3-5H,1-2H3;1-2H3;1H,(H2,2,3). The number of rotatable bonds is 0. The third-order valence-electron chi connectivity index (χ3n) is 1.06. The van der Waals surface area contributed by atoms with Gasteiger partial charge in [0.05, 0.1) is 0 Å². The van der Waals surface area contributed by atoms with E-state index in [-0.39, 0.29) is 6.41 Å². The lowest BCUT2D eigenvalue weighted by molar-refractivity contribution is -0.106. The summed E-state index contributed by atoms with van der Waals surface area (Å²) in [5, 5.41) is 0. The molecule has 0 saturated heterocycles. The molecule has 3 nitrogen and oxygen atoms in total. The van der Waals surface area contributed by atoms with Gasteiger partial charge in [-0.1, -0.05) is 19.9 Å². The fourth-order valence-corrected chi connectivity index (χ4v) is 0.542. The molecule has 0 aliphatic carbocycles. The van der Waals surface area contributed by atoms with Gasteiger partial charge < -0.3 is 5.73 Å². The molecule has 0 aromatic carbocycles. The summed E-state index contributed by atoms with van der Waals surface area (Å²) >= 11 is 0. The predicted molar refractivity (Wildman–Crippen MR) is 55.3 cm³/mol. The largest absolute Gasteiger partial charge is 0.372 e. The van der Waals surface area contributed by atoms with Gasteiger partial charge in [0.2, 0.25) is 6.41 Å². The number of hydrogen-bond donors (Lipinski definition) is 1. The van der Waals surface area contributed by atoms with Crippen molar-refractivity contribution in [2.24, 2.45) is 5.73 Å². The monoisotopic (exact) mass is 182 g/mol. The number of nitrogens with two attached hydrogens (primary N) is 1. The summed E-state index contributed by atoms with van der Waals surface area (Å²) < 4.78 is 0. The van der Waals surface area contributed by atoms with Crippen LogP contribution in [0.15, 0.2) is 18.3 Å². The van der Waals surface area contributed by atoms with Crippen LogP contribution in [-0.4, -0.2) is 11.4 Å². The first kappa shape index (κ1) is 14.2. The Kier molecular flexibility index (Phi) is 11.6. The molecule has 2 N–H and O–H groups in total. The summed E-state index contributed by atoms with van der Waals surface area (Å²) in [6.45, 7) is 8.02.